The van der Waals surface area contributed by atoms with Gasteiger partial charge in [0.15, 0.2) is 0 Å². The standard InChI is InChI=1S/C29H29N7O3/c1-19-15-25(33(2)31-19)27(37)35-13-11-29-23-9-3-4-10-24(23)36(28(29)38)18-21-17-34(32-30-21)12-6-14-39-22-8-5-7-20(16-22)26(29)35/h3-5,7-10,15-17,26H,6,11-14,18H2,1-2H3/t26-,29-/m0/s1. The number of carbonyl (C=O) groups is 2. The lowest BCUT2D eigenvalue weighted by Gasteiger charge is -2.35. The first-order valence-electron chi connectivity index (χ1n) is 13.3. The lowest BCUT2D eigenvalue weighted by atomic mass is 9.72. The van der Waals surface area contributed by atoms with Crippen molar-refractivity contribution >= 4 is 17.5 Å². The summed E-state index contributed by atoms with van der Waals surface area (Å²) in [5.41, 5.74) is 3.71. The fraction of sp³-hybridized carbons (Fsp3) is 0.345. The average molecular weight is 524 g/mol. The van der Waals surface area contributed by atoms with Gasteiger partial charge in [-0.25, -0.2) is 0 Å². The topological polar surface area (TPSA) is 98.4 Å². The zero-order valence-corrected chi connectivity index (χ0v) is 21.9. The number of likely N-dealkylation sites (tertiary alicyclic amines) is 1. The van der Waals surface area contributed by atoms with Crippen LogP contribution in [0.3, 0.4) is 0 Å². The molecule has 0 saturated carbocycles. The Labute approximate surface area is 225 Å². The van der Waals surface area contributed by atoms with E-state index in [0.717, 1.165) is 34.6 Å². The smallest absolute Gasteiger partial charge is 0.272 e. The molecule has 2 aromatic carbocycles. The molecule has 0 aliphatic carbocycles. The van der Waals surface area contributed by atoms with Crippen LogP contribution < -0.4 is 9.64 Å². The predicted octanol–water partition coefficient (Wildman–Crippen LogP) is 3.17. The third-order valence-corrected chi connectivity index (χ3v) is 8.19. The van der Waals surface area contributed by atoms with Gasteiger partial charge >= 0.3 is 0 Å². The number of ether oxygens (including phenoxy) is 1. The molecule has 1 saturated heterocycles. The van der Waals surface area contributed by atoms with Crippen LogP contribution >= 0.6 is 0 Å². The third kappa shape index (κ3) is 3.58. The fourth-order valence-corrected chi connectivity index (χ4v) is 6.56. The summed E-state index contributed by atoms with van der Waals surface area (Å²) in [4.78, 5) is 32.5. The van der Waals surface area contributed by atoms with E-state index in [4.69, 9.17) is 4.74 Å². The molecular formula is C29H29N7O3. The number of hydrogen-bond donors (Lipinski definition) is 0. The molecule has 10 nitrogen and oxygen atoms in total. The van der Waals surface area contributed by atoms with Crippen molar-refractivity contribution in [3.05, 3.63) is 89.0 Å². The van der Waals surface area contributed by atoms with Crippen LogP contribution in [0.4, 0.5) is 5.69 Å². The molecule has 0 N–H and O–H groups in total. The van der Waals surface area contributed by atoms with Crippen molar-refractivity contribution in [1.82, 2.24) is 29.7 Å². The molecule has 3 aliphatic rings. The fourth-order valence-electron chi connectivity index (χ4n) is 6.56. The van der Waals surface area contributed by atoms with Crippen LogP contribution in [0.5, 0.6) is 5.75 Å². The minimum Gasteiger partial charge on any atom is -0.494 e. The summed E-state index contributed by atoms with van der Waals surface area (Å²) < 4.78 is 9.54. The maximum atomic E-state index is 14.7. The number of aromatic nitrogens is 5. The van der Waals surface area contributed by atoms with Crippen molar-refractivity contribution in [2.24, 2.45) is 7.05 Å². The number of para-hydroxylation sites is 1. The Bertz CT molecular complexity index is 1610. The number of anilines is 1. The zero-order chi connectivity index (χ0) is 26.7. The number of fused-ring (bicyclic) bond motifs is 8. The van der Waals surface area contributed by atoms with Crippen LogP contribution in [0.1, 0.15) is 51.9 Å². The average Bonchev–Trinajstić information content (AvgIpc) is 3.69. The summed E-state index contributed by atoms with van der Waals surface area (Å²) in [5, 5.41) is 13.0. The molecule has 0 unspecified atom stereocenters. The van der Waals surface area contributed by atoms with Crippen LogP contribution in [0.15, 0.2) is 60.8 Å². The highest BCUT2D eigenvalue weighted by Crippen LogP contribution is 2.57. The summed E-state index contributed by atoms with van der Waals surface area (Å²) in [7, 11) is 1.78. The second-order valence-corrected chi connectivity index (χ2v) is 10.6. The zero-order valence-electron chi connectivity index (χ0n) is 21.9. The molecule has 3 aliphatic heterocycles. The van der Waals surface area contributed by atoms with Crippen LogP contribution in [0.25, 0.3) is 0 Å². The van der Waals surface area contributed by atoms with Crippen molar-refractivity contribution in [3.63, 3.8) is 0 Å². The van der Waals surface area contributed by atoms with Gasteiger partial charge in [0.1, 0.15) is 22.6 Å². The highest BCUT2D eigenvalue weighted by atomic mass is 16.5. The molecule has 4 aromatic rings. The minimum atomic E-state index is -0.950. The van der Waals surface area contributed by atoms with Crippen molar-refractivity contribution < 1.29 is 14.3 Å². The normalized spacial score (nSPS) is 22.1. The number of carbonyl (C=O) groups excluding carboxylic acids is 2. The van der Waals surface area contributed by atoms with E-state index < -0.39 is 11.5 Å². The Balaban J connectivity index is 1.43. The Morgan fingerprint density at radius 2 is 1.97 bits per heavy atom. The number of benzene rings is 2. The minimum absolute atomic E-state index is 0.0269. The van der Waals surface area contributed by atoms with Crippen molar-refractivity contribution in [2.45, 2.75) is 44.3 Å². The number of rotatable bonds is 1. The Kier molecular flexibility index (Phi) is 5.33. The molecule has 10 heteroatoms. The highest BCUT2D eigenvalue weighted by molar-refractivity contribution is 6.10. The first kappa shape index (κ1) is 23.6. The molecule has 6 bridgehead atoms. The molecule has 5 heterocycles. The summed E-state index contributed by atoms with van der Waals surface area (Å²) in [6.45, 7) is 3.80. The van der Waals surface area contributed by atoms with Crippen molar-refractivity contribution in [1.29, 1.82) is 0 Å². The van der Waals surface area contributed by atoms with E-state index in [0.29, 0.717) is 44.1 Å². The Hall–Kier alpha value is -4.47. The summed E-state index contributed by atoms with van der Waals surface area (Å²) in [6, 6.07) is 17.1. The number of aryl methyl sites for hydroxylation is 3. The molecular weight excluding hydrogens is 494 g/mol. The van der Waals surface area contributed by atoms with E-state index in [1.54, 1.807) is 22.5 Å². The molecule has 1 spiro atoms. The van der Waals surface area contributed by atoms with Crippen LogP contribution in [-0.2, 0) is 30.3 Å². The lowest BCUT2D eigenvalue weighted by molar-refractivity contribution is -0.124. The molecule has 1 fully saturated rings. The van der Waals surface area contributed by atoms with Crippen molar-refractivity contribution in [3.8, 4) is 5.75 Å². The van der Waals surface area contributed by atoms with Gasteiger partial charge in [-0.1, -0.05) is 35.5 Å². The van der Waals surface area contributed by atoms with E-state index in [1.165, 1.54) is 0 Å². The van der Waals surface area contributed by atoms with Gasteiger partial charge in [0.05, 0.1) is 31.1 Å². The van der Waals surface area contributed by atoms with Gasteiger partial charge < -0.3 is 14.5 Å². The molecule has 2 amide bonds. The summed E-state index contributed by atoms with van der Waals surface area (Å²) in [5.74, 6) is 0.542. The molecule has 2 aromatic heterocycles. The van der Waals surface area contributed by atoms with Gasteiger partial charge in [0, 0.05) is 32.2 Å². The Morgan fingerprint density at radius 3 is 2.82 bits per heavy atom. The van der Waals surface area contributed by atoms with Crippen LogP contribution in [-0.4, -0.2) is 54.6 Å². The third-order valence-electron chi connectivity index (χ3n) is 8.19. The van der Waals surface area contributed by atoms with E-state index in [2.05, 4.69) is 15.4 Å². The largest absolute Gasteiger partial charge is 0.494 e. The second-order valence-electron chi connectivity index (χ2n) is 10.6. The Morgan fingerprint density at radius 1 is 1.10 bits per heavy atom. The second kappa shape index (κ2) is 8.79. The van der Waals surface area contributed by atoms with Crippen LogP contribution in [0.2, 0.25) is 0 Å². The highest BCUT2D eigenvalue weighted by Gasteiger charge is 2.61. The molecule has 7 rings (SSSR count). The van der Waals surface area contributed by atoms with Crippen LogP contribution in [0, 0.1) is 6.92 Å². The van der Waals surface area contributed by atoms with Crippen molar-refractivity contribution in [2.75, 3.05) is 18.1 Å². The van der Waals surface area contributed by atoms with E-state index in [-0.39, 0.29) is 11.8 Å². The maximum Gasteiger partial charge on any atom is 0.272 e. The molecule has 0 radical (unpaired) electrons. The van der Waals surface area contributed by atoms with Gasteiger partial charge in [-0.2, -0.15) is 5.10 Å². The van der Waals surface area contributed by atoms with Gasteiger partial charge in [-0.05, 0) is 48.7 Å². The number of nitrogens with zero attached hydrogens (tertiary/aromatic N) is 7. The number of amides is 2. The van der Waals surface area contributed by atoms with E-state index in [1.807, 2.05) is 71.5 Å². The SMILES string of the molecule is Cc1cc(C(=O)N2CC[C@@]34C(=O)N(Cc5cn(nn5)CCCOc5cccc(c5)[C@H]23)c2ccccc24)n(C)n1. The summed E-state index contributed by atoms with van der Waals surface area (Å²) in [6.07, 6.45) is 3.16. The predicted molar refractivity (Wildman–Crippen MR) is 142 cm³/mol. The summed E-state index contributed by atoms with van der Waals surface area (Å²) >= 11 is 0. The maximum absolute atomic E-state index is 14.7. The van der Waals surface area contributed by atoms with E-state index >= 15 is 0 Å². The molecule has 198 valence electrons. The molecule has 2 atom stereocenters. The lowest BCUT2D eigenvalue weighted by Crippen LogP contribution is -2.45. The molecule has 39 heavy (non-hydrogen) atoms. The monoisotopic (exact) mass is 523 g/mol. The first-order chi connectivity index (χ1) is 19.0. The van der Waals surface area contributed by atoms with Gasteiger partial charge in [0.2, 0.25) is 5.91 Å². The van der Waals surface area contributed by atoms with Gasteiger partial charge in [0.25, 0.3) is 5.91 Å². The van der Waals surface area contributed by atoms with Gasteiger partial charge in [-0.15, -0.1) is 5.10 Å². The first-order valence-corrected chi connectivity index (χ1v) is 13.3. The number of hydrogen-bond acceptors (Lipinski definition) is 6. The van der Waals surface area contributed by atoms with Gasteiger partial charge in [-0.3, -0.25) is 19.0 Å². The quantitative estimate of drug-likeness (QED) is 0.380. The van der Waals surface area contributed by atoms with E-state index in [9.17, 15) is 9.59 Å².